The van der Waals surface area contributed by atoms with E-state index in [0.29, 0.717) is 0 Å². The van der Waals surface area contributed by atoms with E-state index in [2.05, 4.69) is 15.2 Å². The summed E-state index contributed by atoms with van der Waals surface area (Å²) in [5.41, 5.74) is 8.19. The van der Waals surface area contributed by atoms with Crippen molar-refractivity contribution in [3.05, 3.63) is 66.0 Å². The average molecular weight is 397 g/mol. The Labute approximate surface area is 167 Å². The highest BCUT2D eigenvalue weighted by Gasteiger charge is 2.23. The van der Waals surface area contributed by atoms with E-state index < -0.39 is 6.04 Å². The topological polar surface area (TPSA) is 71.2 Å². The van der Waals surface area contributed by atoms with Gasteiger partial charge < -0.3 is 11.1 Å². The number of aromatic nitrogens is 1. The molecular weight excluding hydrogens is 371 g/mol. The minimum atomic E-state index is -0.596. The SMILES string of the molecule is Cl.Cl.NC(C(=O)NC1CCN(Cc2ccncc2)CC1)c1ccccc1. The summed E-state index contributed by atoms with van der Waals surface area (Å²) in [6, 6.07) is 13.2. The summed E-state index contributed by atoms with van der Waals surface area (Å²) >= 11 is 0. The number of nitrogens with zero attached hydrogens (tertiary/aromatic N) is 2. The molecule has 1 aliphatic heterocycles. The lowest BCUT2D eigenvalue weighted by Gasteiger charge is -2.32. The van der Waals surface area contributed by atoms with Crippen molar-refractivity contribution in [1.29, 1.82) is 0 Å². The van der Waals surface area contributed by atoms with Gasteiger partial charge in [0.1, 0.15) is 6.04 Å². The van der Waals surface area contributed by atoms with Gasteiger partial charge in [-0.2, -0.15) is 0 Å². The molecule has 26 heavy (non-hydrogen) atoms. The summed E-state index contributed by atoms with van der Waals surface area (Å²) in [4.78, 5) is 18.8. The van der Waals surface area contributed by atoms with Crippen molar-refractivity contribution in [2.45, 2.75) is 31.5 Å². The average Bonchev–Trinajstić information content (AvgIpc) is 2.64. The van der Waals surface area contributed by atoms with E-state index >= 15 is 0 Å². The second-order valence-electron chi connectivity index (χ2n) is 6.30. The molecule has 1 unspecified atom stereocenters. The highest BCUT2D eigenvalue weighted by Crippen LogP contribution is 2.15. The van der Waals surface area contributed by atoms with Crippen LogP contribution in [-0.4, -0.2) is 34.9 Å². The summed E-state index contributed by atoms with van der Waals surface area (Å²) in [5, 5.41) is 3.10. The zero-order chi connectivity index (χ0) is 16.8. The van der Waals surface area contributed by atoms with Crippen molar-refractivity contribution in [3.8, 4) is 0 Å². The molecule has 0 saturated carbocycles. The largest absolute Gasteiger partial charge is 0.352 e. The zero-order valence-electron chi connectivity index (χ0n) is 14.6. The molecule has 3 rings (SSSR count). The van der Waals surface area contributed by atoms with Crippen molar-refractivity contribution in [2.75, 3.05) is 13.1 Å². The van der Waals surface area contributed by atoms with Gasteiger partial charge in [0.2, 0.25) is 5.91 Å². The van der Waals surface area contributed by atoms with Crippen LogP contribution in [0.1, 0.15) is 30.0 Å². The number of amides is 1. The third-order valence-electron chi connectivity index (χ3n) is 4.53. The smallest absolute Gasteiger partial charge is 0.241 e. The maximum atomic E-state index is 12.3. The fourth-order valence-electron chi connectivity index (χ4n) is 3.08. The number of hydrogen-bond acceptors (Lipinski definition) is 4. The highest BCUT2D eigenvalue weighted by atomic mass is 35.5. The fourth-order valence-corrected chi connectivity index (χ4v) is 3.08. The Morgan fingerprint density at radius 3 is 2.35 bits per heavy atom. The van der Waals surface area contributed by atoms with Gasteiger partial charge >= 0.3 is 0 Å². The Morgan fingerprint density at radius 2 is 1.73 bits per heavy atom. The van der Waals surface area contributed by atoms with Crippen LogP contribution in [0.3, 0.4) is 0 Å². The van der Waals surface area contributed by atoms with Crippen LogP contribution in [0.4, 0.5) is 0 Å². The van der Waals surface area contributed by atoms with E-state index in [-0.39, 0.29) is 36.8 Å². The lowest BCUT2D eigenvalue weighted by molar-refractivity contribution is -0.123. The van der Waals surface area contributed by atoms with Crippen molar-refractivity contribution in [2.24, 2.45) is 5.73 Å². The number of benzene rings is 1. The van der Waals surface area contributed by atoms with Gasteiger partial charge in [0, 0.05) is 38.1 Å². The fraction of sp³-hybridized carbons (Fsp3) is 0.368. The number of halogens is 2. The molecule has 1 atom stereocenters. The standard InChI is InChI=1S/C19H24N4O.2ClH/c20-18(16-4-2-1-3-5-16)19(24)22-17-8-12-23(13-9-17)14-15-6-10-21-11-7-15;;/h1-7,10-11,17-18H,8-9,12-14,20H2,(H,22,24);2*1H. The van der Waals surface area contributed by atoms with Crippen LogP contribution in [0, 0.1) is 0 Å². The number of likely N-dealkylation sites (tertiary alicyclic amines) is 1. The van der Waals surface area contributed by atoms with Gasteiger partial charge in [-0.15, -0.1) is 24.8 Å². The summed E-state index contributed by atoms with van der Waals surface area (Å²) in [6.07, 6.45) is 5.57. The summed E-state index contributed by atoms with van der Waals surface area (Å²) < 4.78 is 0. The Hall–Kier alpha value is -1.66. The van der Waals surface area contributed by atoms with Crippen molar-refractivity contribution in [1.82, 2.24) is 15.2 Å². The normalized spacial score (nSPS) is 16.0. The first-order valence-corrected chi connectivity index (χ1v) is 8.44. The predicted molar refractivity (Wildman–Crippen MR) is 109 cm³/mol. The van der Waals surface area contributed by atoms with E-state index in [1.54, 1.807) is 0 Å². The first kappa shape index (κ1) is 22.4. The molecule has 1 amide bonds. The van der Waals surface area contributed by atoms with Gasteiger partial charge in [-0.1, -0.05) is 30.3 Å². The third kappa shape index (κ3) is 6.25. The molecule has 1 aromatic heterocycles. The molecule has 2 aromatic rings. The van der Waals surface area contributed by atoms with Gasteiger partial charge in [-0.25, -0.2) is 0 Å². The molecule has 1 saturated heterocycles. The molecular formula is C19H26Cl2N4O. The zero-order valence-corrected chi connectivity index (χ0v) is 16.2. The Bertz CT molecular complexity index is 649. The van der Waals surface area contributed by atoms with Crippen LogP contribution in [-0.2, 0) is 11.3 Å². The molecule has 1 aliphatic rings. The molecule has 2 heterocycles. The van der Waals surface area contributed by atoms with Gasteiger partial charge in [0.05, 0.1) is 0 Å². The summed E-state index contributed by atoms with van der Waals surface area (Å²) in [7, 11) is 0. The maximum Gasteiger partial charge on any atom is 0.241 e. The van der Waals surface area contributed by atoms with Gasteiger partial charge in [0.15, 0.2) is 0 Å². The Morgan fingerprint density at radius 1 is 1.12 bits per heavy atom. The quantitative estimate of drug-likeness (QED) is 0.814. The number of rotatable bonds is 5. The van der Waals surface area contributed by atoms with Gasteiger partial charge in [-0.05, 0) is 36.1 Å². The molecule has 3 N–H and O–H groups in total. The van der Waals surface area contributed by atoms with Gasteiger partial charge in [0.25, 0.3) is 0 Å². The van der Waals surface area contributed by atoms with Crippen LogP contribution < -0.4 is 11.1 Å². The molecule has 1 aromatic carbocycles. The van der Waals surface area contributed by atoms with E-state index in [4.69, 9.17) is 5.73 Å². The monoisotopic (exact) mass is 396 g/mol. The Balaban J connectivity index is 0.00000169. The number of nitrogens with one attached hydrogen (secondary N) is 1. The Kier molecular flexibility index (Phi) is 9.59. The van der Waals surface area contributed by atoms with Crippen molar-refractivity contribution < 1.29 is 4.79 Å². The second-order valence-corrected chi connectivity index (χ2v) is 6.30. The summed E-state index contributed by atoms with van der Waals surface area (Å²) in [5.74, 6) is -0.0891. The lowest BCUT2D eigenvalue weighted by atomic mass is 10.0. The molecule has 5 nitrogen and oxygen atoms in total. The number of hydrogen-bond donors (Lipinski definition) is 2. The molecule has 0 aliphatic carbocycles. The molecule has 0 radical (unpaired) electrons. The van der Waals surface area contributed by atoms with E-state index in [1.807, 2.05) is 54.9 Å². The van der Waals surface area contributed by atoms with E-state index in [1.165, 1.54) is 5.56 Å². The number of carbonyl (C=O) groups excluding carboxylic acids is 1. The number of nitrogens with two attached hydrogens (primary N) is 1. The van der Waals surface area contributed by atoms with E-state index in [0.717, 1.165) is 38.0 Å². The number of carbonyl (C=O) groups is 1. The van der Waals surface area contributed by atoms with Crippen LogP contribution >= 0.6 is 24.8 Å². The predicted octanol–water partition coefficient (Wildman–Crippen LogP) is 2.71. The third-order valence-corrected chi connectivity index (χ3v) is 4.53. The minimum absolute atomic E-state index is 0. The molecule has 1 fully saturated rings. The molecule has 0 spiro atoms. The molecule has 7 heteroatoms. The van der Waals surface area contributed by atoms with Crippen LogP contribution in [0.15, 0.2) is 54.9 Å². The van der Waals surface area contributed by atoms with Gasteiger partial charge in [-0.3, -0.25) is 14.7 Å². The first-order valence-electron chi connectivity index (χ1n) is 8.44. The molecule has 142 valence electrons. The van der Waals surface area contributed by atoms with Crippen LogP contribution in [0.5, 0.6) is 0 Å². The summed E-state index contributed by atoms with van der Waals surface area (Å²) in [6.45, 7) is 2.90. The molecule has 0 bridgehead atoms. The van der Waals surface area contributed by atoms with Crippen LogP contribution in [0.2, 0.25) is 0 Å². The second kappa shape index (κ2) is 11.1. The highest BCUT2D eigenvalue weighted by molar-refractivity contribution is 5.85. The van der Waals surface area contributed by atoms with Crippen molar-refractivity contribution >= 4 is 30.7 Å². The van der Waals surface area contributed by atoms with Crippen LogP contribution in [0.25, 0.3) is 0 Å². The van der Waals surface area contributed by atoms with E-state index in [9.17, 15) is 4.79 Å². The maximum absolute atomic E-state index is 12.3. The lowest BCUT2D eigenvalue weighted by Crippen LogP contribution is -2.46. The van der Waals surface area contributed by atoms with Crippen molar-refractivity contribution in [3.63, 3.8) is 0 Å². The number of piperidine rings is 1. The first-order chi connectivity index (χ1) is 11.7. The minimum Gasteiger partial charge on any atom is -0.352 e. The number of pyridine rings is 1.